The third-order valence-corrected chi connectivity index (χ3v) is 3.78. The first-order valence-corrected chi connectivity index (χ1v) is 7.57. The van der Waals surface area contributed by atoms with Crippen LogP contribution in [0.5, 0.6) is 0 Å². The van der Waals surface area contributed by atoms with Crippen molar-refractivity contribution >= 4 is 5.96 Å². The minimum absolute atomic E-state index is 0.221. The highest BCUT2D eigenvalue weighted by Gasteiger charge is 2.16. The molecule has 0 spiro atoms. The molecule has 0 saturated heterocycles. The van der Waals surface area contributed by atoms with Crippen molar-refractivity contribution in [2.75, 3.05) is 27.7 Å². The molecule has 2 rings (SSSR count). The van der Waals surface area contributed by atoms with Crippen molar-refractivity contribution < 1.29 is 0 Å². The predicted octanol–water partition coefficient (Wildman–Crippen LogP) is 0.122. The lowest BCUT2D eigenvalue weighted by Gasteiger charge is -2.24. The molecule has 2 aromatic heterocycles. The molecule has 2 heterocycles. The van der Waals surface area contributed by atoms with E-state index in [4.69, 9.17) is 0 Å². The summed E-state index contributed by atoms with van der Waals surface area (Å²) in [4.78, 5) is 6.44. The van der Waals surface area contributed by atoms with Gasteiger partial charge in [0.05, 0.1) is 24.5 Å². The second-order valence-corrected chi connectivity index (χ2v) is 5.68. The number of hydrogen-bond donors (Lipinski definition) is 2. The first kappa shape index (κ1) is 17.0. The van der Waals surface area contributed by atoms with Crippen molar-refractivity contribution in [2.45, 2.75) is 12.6 Å². The highest BCUT2D eigenvalue weighted by atomic mass is 15.3. The normalized spacial score (nSPS) is 13.4. The summed E-state index contributed by atoms with van der Waals surface area (Å²) in [7, 11) is 9.75. The SMILES string of the molecule is CN=C(NCc1ccnn1C)NCC(c1cnn(C)c1)N(C)C. The van der Waals surface area contributed by atoms with Crippen LogP contribution >= 0.6 is 0 Å². The first-order valence-electron chi connectivity index (χ1n) is 7.57. The maximum absolute atomic E-state index is 4.27. The summed E-state index contributed by atoms with van der Waals surface area (Å²) in [6.07, 6.45) is 5.73. The summed E-state index contributed by atoms with van der Waals surface area (Å²) in [5, 5.41) is 15.1. The quantitative estimate of drug-likeness (QED) is 0.585. The Labute approximate surface area is 137 Å². The molecule has 126 valence electrons. The highest BCUT2D eigenvalue weighted by Crippen LogP contribution is 2.15. The third-order valence-electron chi connectivity index (χ3n) is 3.78. The third kappa shape index (κ3) is 4.56. The molecule has 8 heteroatoms. The molecular formula is C15H26N8. The summed E-state index contributed by atoms with van der Waals surface area (Å²) in [6, 6.07) is 2.21. The van der Waals surface area contributed by atoms with Crippen LogP contribution in [0.2, 0.25) is 0 Å². The van der Waals surface area contributed by atoms with E-state index in [-0.39, 0.29) is 6.04 Å². The standard InChI is InChI=1S/C15H26N8/c1-16-15(17-9-13-6-7-19-23(13)5)18-10-14(21(2)3)12-8-20-22(4)11-12/h6-8,11,14H,9-10H2,1-5H3,(H2,16,17,18). The zero-order valence-corrected chi connectivity index (χ0v) is 14.5. The molecule has 0 bridgehead atoms. The Balaban J connectivity index is 1.91. The van der Waals surface area contributed by atoms with Crippen LogP contribution < -0.4 is 10.6 Å². The molecule has 0 fully saturated rings. The molecule has 2 aromatic rings. The number of hydrogen-bond acceptors (Lipinski definition) is 4. The molecule has 0 aliphatic heterocycles. The van der Waals surface area contributed by atoms with Gasteiger partial charge in [0, 0.05) is 45.6 Å². The monoisotopic (exact) mass is 318 g/mol. The molecule has 0 radical (unpaired) electrons. The predicted molar refractivity (Wildman–Crippen MR) is 91.0 cm³/mol. The van der Waals surface area contributed by atoms with Crippen LogP contribution in [0.3, 0.4) is 0 Å². The Morgan fingerprint density at radius 3 is 2.61 bits per heavy atom. The molecule has 0 aliphatic rings. The maximum atomic E-state index is 4.27. The summed E-state index contributed by atoms with van der Waals surface area (Å²) < 4.78 is 3.67. The van der Waals surface area contributed by atoms with E-state index in [1.165, 1.54) is 5.56 Å². The Hall–Kier alpha value is -2.35. The second kappa shape index (κ2) is 7.77. The second-order valence-electron chi connectivity index (χ2n) is 5.68. The van der Waals surface area contributed by atoms with Gasteiger partial charge in [-0.05, 0) is 20.2 Å². The van der Waals surface area contributed by atoms with Crippen molar-refractivity contribution in [3.63, 3.8) is 0 Å². The van der Waals surface area contributed by atoms with Crippen LogP contribution in [0.1, 0.15) is 17.3 Å². The number of nitrogens with one attached hydrogen (secondary N) is 2. The van der Waals surface area contributed by atoms with Gasteiger partial charge in [0.2, 0.25) is 0 Å². The fraction of sp³-hybridized carbons (Fsp3) is 0.533. The van der Waals surface area contributed by atoms with Gasteiger partial charge >= 0.3 is 0 Å². The topological polar surface area (TPSA) is 75.3 Å². The summed E-state index contributed by atoms with van der Waals surface area (Å²) >= 11 is 0. The zero-order chi connectivity index (χ0) is 16.8. The first-order chi connectivity index (χ1) is 11.0. The molecule has 23 heavy (non-hydrogen) atoms. The van der Waals surface area contributed by atoms with E-state index in [2.05, 4.69) is 44.8 Å². The number of aromatic nitrogens is 4. The smallest absolute Gasteiger partial charge is 0.191 e. The average Bonchev–Trinajstić information content (AvgIpc) is 3.11. The van der Waals surface area contributed by atoms with Gasteiger partial charge in [-0.25, -0.2) is 0 Å². The van der Waals surface area contributed by atoms with E-state index in [0.29, 0.717) is 6.54 Å². The van der Waals surface area contributed by atoms with Gasteiger partial charge in [-0.1, -0.05) is 0 Å². The molecule has 0 saturated carbocycles. The number of aliphatic imine (C=N–C) groups is 1. The minimum atomic E-state index is 0.221. The minimum Gasteiger partial charge on any atom is -0.354 e. The molecule has 2 N–H and O–H groups in total. The van der Waals surface area contributed by atoms with Crippen molar-refractivity contribution in [3.8, 4) is 0 Å². The lowest BCUT2D eigenvalue weighted by atomic mass is 10.1. The molecule has 0 amide bonds. The molecule has 1 unspecified atom stereocenters. The van der Waals surface area contributed by atoms with Crippen LogP contribution in [0.25, 0.3) is 0 Å². The van der Waals surface area contributed by atoms with Crippen LogP contribution in [0.4, 0.5) is 0 Å². The number of aryl methyl sites for hydroxylation is 2. The van der Waals surface area contributed by atoms with Gasteiger partial charge in [0.25, 0.3) is 0 Å². The summed E-state index contributed by atoms with van der Waals surface area (Å²) in [5.74, 6) is 0.766. The Morgan fingerprint density at radius 2 is 2.09 bits per heavy atom. The highest BCUT2D eigenvalue weighted by molar-refractivity contribution is 5.79. The van der Waals surface area contributed by atoms with E-state index in [0.717, 1.165) is 18.2 Å². The number of rotatable bonds is 6. The van der Waals surface area contributed by atoms with E-state index in [1.54, 1.807) is 13.2 Å². The van der Waals surface area contributed by atoms with Gasteiger partial charge in [-0.2, -0.15) is 10.2 Å². The van der Waals surface area contributed by atoms with Crippen molar-refractivity contribution in [3.05, 3.63) is 35.9 Å². The van der Waals surface area contributed by atoms with Gasteiger partial charge < -0.3 is 15.5 Å². The summed E-state index contributed by atoms with van der Waals surface area (Å²) in [5.41, 5.74) is 2.27. The molecular weight excluding hydrogens is 292 g/mol. The number of guanidine groups is 1. The maximum Gasteiger partial charge on any atom is 0.191 e. The van der Waals surface area contributed by atoms with Gasteiger partial charge in [-0.15, -0.1) is 0 Å². The van der Waals surface area contributed by atoms with Crippen molar-refractivity contribution in [2.24, 2.45) is 19.1 Å². The molecule has 0 aliphatic carbocycles. The Kier molecular flexibility index (Phi) is 5.75. The fourth-order valence-corrected chi connectivity index (χ4v) is 2.37. The number of nitrogens with zero attached hydrogens (tertiary/aromatic N) is 6. The lowest BCUT2D eigenvalue weighted by Crippen LogP contribution is -2.41. The van der Waals surface area contributed by atoms with Crippen LogP contribution in [0.15, 0.2) is 29.6 Å². The van der Waals surface area contributed by atoms with E-state index < -0.39 is 0 Å². The Morgan fingerprint density at radius 1 is 1.30 bits per heavy atom. The molecule has 0 aromatic carbocycles. The van der Waals surface area contributed by atoms with E-state index in [9.17, 15) is 0 Å². The zero-order valence-electron chi connectivity index (χ0n) is 14.5. The van der Waals surface area contributed by atoms with E-state index in [1.807, 2.05) is 41.9 Å². The van der Waals surface area contributed by atoms with Gasteiger partial charge in [0.1, 0.15) is 0 Å². The average molecular weight is 318 g/mol. The number of likely N-dealkylation sites (N-methyl/N-ethyl adjacent to an activating group) is 1. The van der Waals surface area contributed by atoms with Crippen molar-refractivity contribution in [1.82, 2.24) is 35.1 Å². The van der Waals surface area contributed by atoms with Crippen LogP contribution in [-0.2, 0) is 20.6 Å². The molecule has 8 nitrogen and oxygen atoms in total. The van der Waals surface area contributed by atoms with Crippen LogP contribution in [-0.4, -0.2) is 58.1 Å². The summed E-state index contributed by atoms with van der Waals surface area (Å²) in [6.45, 7) is 1.42. The van der Waals surface area contributed by atoms with Crippen LogP contribution in [0, 0.1) is 0 Å². The van der Waals surface area contributed by atoms with E-state index >= 15 is 0 Å². The largest absolute Gasteiger partial charge is 0.354 e. The molecule has 1 atom stereocenters. The fourth-order valence-electron chi connectivity index (χ4n) is 2.37. The van der Waals surface area contributed by atoms with Gasteiger partial charge in [-0.3, -0.25) is 14.4 Å². The van der Waals surface area contributed by atoms with Crippen molar-refractivity contribution in [1.29, 1.82) is 0 Å². The lowest BCUT2D eigenvalue weighted by molar-refractivity contribution is 0.298. The Bertz CT molecular complexity index is 639. The van der Waals surface area contributed by atoms with Gasteiger partial charge in [0.15, 0.2) is 5.96 Å².